The SMILES string of the molecule is CN(Cc1ccccc1)S(=O)(=O)c1ccc(NS(=O)(=O)c2ccc3c(c2)OCCCO3)cc1. The standard InChI is InChI=1S/C23H24N2O6S2/c1-25(17-18-6-3-2-4-7-18)33(28,29)20-10-8-19(9-11-20)24-32(26,27)21-12-13-22-23(16-21)31-15-5-14-30-22/h2-4,6-13,16,24H,5,14-15,17H2,1H3. The Balaban J connectivity index is 1.49. The van der Waals surface area contributed by atoms with Gasteiger partial charge in [0.1, 0.15) is 0 Å². The Bertz CT molecular complexity index is 1330. The molecule has 0 amide bonds. The number of nitrogens with zero attached hydrogens (tertiary/aromatic N) is 1. The van der Waals surface area contributed by atoms with Gasteiger partial charge in [-0.05, 0) is 42.0 Å². The number of fused-ring (bicyclic) bond motifs is 1. The second-order valence-electron chi connectivity index (χ2n) is 7.54. The Kier molecular flexibility index (Phi) is 6.59. The molecule has 1 N–H and O–H groups in total. The molecule has 0 aliphatic carbocycles. The van der Waals surface area contributed by atoms with Crippen LogP contribution < -0.4 is 14.2 Å². The van der Waals surface area contributed by atoms with E-state index in [-0.39, 0.29) is 22.0 Å². The first kappa shape index (κ1) is 23.1. The Morgan fingerprint density at radius 2 is 1.45 bits per heavy atom. The third-order valence-electron chi connectivity index (χ3n) is 5.09. The second-order valence-corrected chi connectivity index (χ2v) is 11.3. The monoisotopic (exact) mass is 488 g/mol. The molecule has 0 radical (unpaired) electrons. The lowest BCUT2D eigenvalue weighted by atomic mass is 10.2. The highest BCUT2D eigenvalue weighted by Crippen LogP contribution is 2.32. The van der Waals surface area contributed by atoms with Gasteiger partial charge in [-0.1, -0.05) is 30.3 Å². The van der Waals surface area contributed by atoms with Crippen molar-refractivity contribution in [3.05, 3.63) is 78.4 Å². The highest BCUT2D eigenvalue weighted by Gasteiger charge is 2.22. The maximum atomic E-state index is 12.9. The van der Waals surface area contributed by atoms with Crippen molar-refractivity contribution >= 4 is 25.7 Å². The average Bonchev–Trinajstić information content (AvgIpc) is 3.05. The molecule has 1 aliphatic heterocycles. The first-order valence-corrected chi connectivity index (χ1v) is 13.2. The zero-order valence-corrected chi connectivity index (χ0v) is 19.6. The smallest absolute Gasteiger partial charge is 0.262 e. The van der Waals surface area contributed by atoms with E-state index in [2.05, 4.69) is 4.72 Å². The molecule has 33 heavy (non-hydrogen) atoms. The van der Waals surface area contributed by atoms with E-state index in [0.717, 1.165) is 5.56 Å². The van der Waals surface area contributed by atoms with Crippen molar-refractivity contribution < 1.29 is 26.3 Å². The summed E-state index contributed by atoms with van der Waals surface area (Å²) in [5, 5.41) is 0. The van der Waals surface area contributed by atoms with E-state index in [1.165, 1.54) is 47.8 Å². The summed E-state index contributed by atoms with van der Waals surface area (Å²) in [5.74, 6) is 0.874. The van der Waals surface area contributed by atoms with E-state index in [0.29, 0.717) is 31.1 Å². The summed E-state index contributed by atoms with van der Waals surface area (Å²) in [5.41, 5.74) is 1.11. The minimum atomic E-state index is -3.91. The summed E-state index contributed by atoms with van der Waals surface area (Å²) < 4.78 is 66.2. The number of rotatable bonds is 7. The number of sulfonamides is 2. The summed E-state index contributed by atoms with van der Waals surface area (Å²) in [6.45, 7) is 1.17. The van der Waals surface area contributed by atoms with Crippen molar-refractivity contribution in [1.29, 1.82) is 0 Å². The number of ether oxygens (including phenoxy) is 2. The molecule has 1 aliphatic rings. The number of anilines is 1. The van der Waals surface area contributed by atoms with Crippen LogP contribution in [0.1, 0.15) is 12.0 Å². The van der Waals surface area contributed by atoms with Crippen molar-refractivity contribution in [2.45, 2.75) is 22.8 Å². The average molecular weight is 489 g/mol. The van der Waals surface area contributed by atoms with Crippen LogP contribution in [0.25, 0.3) is 0 Å². The van der Waals surface area contributed by atoms with Gasteiger partial charge in [0.25, 0.3) is 10.0 Å². The lowest BCUT2D eigenvalue weighted by Gasteiger charge is -2.17. The summed E-state index contributed by atoms with van der Waals surface area (Å²) in [4.78, 5) is 0.0884. The molecule has 0 atom stereocenters. The predicted molar refractivity (Wildman–Crippen MR) is 124 cm³/mol. The van der Waals surface area contributed by atoms with Crippen LogP contribution in [0.15, 0.2) is 82.6 Å². The van der Waals surface area contributed by atoms with Crippen molar-refractivity contribution in [3.63, 3.8) is 0 Å². The Morgan fingerprint density at radius 1 is 0.818 bits per heavy atom. The van der Waals surface area contributed by atoms with Crippen molar-refractivity contribution in [1.82, 2.24) is 4.31 Å². The summed E-state index contributed by atoms with van der Waals surface area (Å²) in [6.07, 6.45) is 0.713. The molecule has 0 unspecified atom stereocenters. The molecule has 174 valence electrons. The van der Waals surface area contributed by atoms with E-state index in [9.17, 15) is 16.8 Å². The minimum Gasteiger partial charge on any atom is -0.490 e. The lowest BCUT2D eigenvalue weighted by Crippen LogP contribution is -2.26. The van der Waals surface area contributed by atoms with Gasteiger partial charge in [-0.2, -0.15) is 4.31 Å². The van der Waals surface area contributed by atoms with Crippen LogP contribution in [0.5, 0.6) is 11.5 Å². The number of hydrogen-bond acceptors (Lipinski definition) is 6. The van der Waals surface area contributed by atoms with Crippen LogP contribution in [-0.4, -0.2) is 41.4 Å². The molecule has 4 rings (SSSR count). The van der Waals surface area contributed by atoms with Gasteiger partial charge < -0.3 is 9.47 Å². The molecular formula is C23H24N2O6S2. The second kappa shape index (κ2) is 9.42. The van der Waals surface area contributed by atoms with Crippen LogP contribution >= 0.6 is 0 Å². The molecular weight excluding hydrogens is 464 g/mol. The number of nitrogens with one attached hydrogen (secondary N) is 1. The molecule has 10 heteroatoms. The van der Waals surface area contributed by atoms with Gasteiger partial charge in [0.05, 0.1) is 23.0 Å². The first-order chi connectivity index (χ1) is 15.8. The Hall–Kier alpha value is -3.08. The normalized spacial score (nSPS) is 14.0. The van der Waals surface area contributed by atoms with Gasteiger partial charge in [-0.15, -0.1) is 0 Å². The van der Waals surface area contributed by atoms with Gasteiger partial charge in [-0.3, -0.25) is 4.72 Å². The third-order valence-corrected chi connectivity index (χ3v) is 8.29. The fraction of sp³-hybridized carbons (Fsp3) is 0.217. The van der Waals surface area contributed by atoms with Gasteiger partial charge in [0, 0.05) is 31.8 Å². The van der Waals surface area contributed by atoms with Crippen molar-refractivity contribution in [2.24, 2.45) is 0 Å². The third kappa shape index (κ3) is 5.29. The van der Waals surface area contributed by atoms with Crippen LogP contribution in [0.3, 0.4) is 0 Å². The van der Waals surface area contributed by atoms with E-state index in [1.54, 1.807) is 6.07 Å². The van der Waals surface area contributed by atoms with Crippen molar-refractivity contribution in [2.75, 3.05) is 25.0 Å². The Morgan fingerprint density at radius 3 is 2.15 bits per heavy atom. The number of hydrogen-bond donors (Lipinski definition) is 1. The summed E-state index contributed by atoms with van der Waals surface area (Å²) >= 11 is 0. The molecule has 8 nitrogen and oxygen atoms in total. The van der Waals surface area contributed by atoms with E-state index < -0.39 is 20.0 Å². The molecule has 0 bridgehead atoms. The quantitative estimate of drug-likeness (QED) is 0.546. The maximum absolute atomic E-state index is 12.9. The minimum absolute atomic E-state index is 0.0195. The van der Waals surface area contributed by atoms with Gasteiger partial charge >= 0.3 is 0 Å². The first-order valence-electron chi connectivity index (χ1n) is 10.3. The highest BCUT2D eigenvalue weighted by molar-refractivity contribution is 7.92. The van der Waals surface area contributed by atoms with Crippen LogP contribution in [-0.2, 0) is 26.6 Å². The molecule has 0 spiro atoms. The fourth-order valence-corrected chi connectivity index (χ4v) is 5.56. The summed E-state index contributed by atoms with van der Waals surface area (Å²) in [6, 6.07) is 19.3. The molecule has 0 saturated carbocycles. The number of benzene rings is 3. The zero-order valence-electron chi connectivity index (χ0n) is 18.0. The zero-order chi connectivity index (χ0) is 23.5. The Labute approximate surface area is 193 Å². The highest BCUT2D eigenvalue weighted by atomic mass is 32.2. The van der Waals surface area contributed by atoms with Crippen LogP contribution in [0, 0.1) is 0 Å². The molecule has 0 saturated heterocycles. The predicted octanol–water partition coefficient (Wildman–Crippen LogP) is 3.47. The topological polar surface area (TPSA) is 102 Å². The van der Waals surface area contributed by atoms with Gasteiger partial charge in [0.15, 0.2) is 11.5 Å². The van der Waals surface area contributed by atoms with Crippen LogP contribution in [0.4, 0.5) is 5.69 Å². The largest absolute Gasteiger partial charge is 0.490 e. The van der Waals surface area contributed by atoms with E-state index >= 15 is 0 Å². The molecule has 3 aromatic rings. The molecule has 1 heterocycles. The van der Waals surface area contributed by atoms with Crippen LogP contribution in [0.2, 0.25) is 0 Å². The van der Waals surface area contributed by atoms with Gasteiger partial charge in [-0.25, -0.2) is 16.8 Å². The lowest BCUT2D eigenvalue weighted by molar-refractivity contribution is 0.297. The van der Waals surface area contributed by atoms with E-state index in [1.807, 2.05) is 30.3 Å². The van der Waals surface area contributed by atoms with Crippen molar-refractivity contribution in [3.8, 4) is 11.5 Å². The molecule has 3 aromatic carbocycles. The van der Waals surface area contributed by atoms with Gasteiger partial charge in [0.2, 0.25) is 10.0 Å². The molecule has 0 fully saturated rings. The summed E-state index contributed by atoms with van der Waals surface area (Å²) in [7, 11) is -6.14. The maximum Gasteiger partial charge on any atom is 0.262 e. The van der Waals surface area contributed by atoms with E-state index in [4.69, 9.17) is 9.47 Å². The molecule has 0 aromatic heterocycles. The fourth-order valence-electron chi connectivity index (χ4n) is 3.33.